The summed E-state index contributed by atoms with van der Waals surface area (Å²) < 4.78 is 17.9. The average molecular weight is 629 g/mol. The molecule has 3 aromatic rings. The summed E-state index contributed by atoms with van der Waals surface area (Å²) in [5.74, 6) is 1.66. The molecule has 5 heteroatoms. The fourth-order valence-electron chi connectivity index (χ4n) is 7.20. The van der Waals surface area contributed by atoms with Crippen LogP contribution in [0.3, 0.4) is 0 Å². The first-order valence-corrected chi connectivity index (χ1v) is 17.6. The van der Waals surface area contributed by atoms with Crippen LogP contribution in [0, 0.1) is 5.41 Å². The lowest BCUT2D eigenvalue weighted by molar-refractivity contribution is -0.172. The monoisotopic (exact) mass is 628 g/mol. The Balaban J connectivity index is 1.60. The number of ether oxygens (including phenoxy) is 3. The number of benzene rings is 3. The van der Waals surface area contributed by atoms with E-state index in [-0.39, 0.29) is 41.4 Å². The van der Waals surface area contributed by atoms with Gasteiger partial charge in [0.15, 0.2) is 6.29 Å². The molecule has 5 atom stereocenters. The van der Waals surface area contributed by atoms with Gasteiger partial charge >= 0.3 is 5.97 Å². The summed E-state index contributed by atoms with van der Waals surface area (Å²) in [5.41, 5.74) is 2.81. The van der Waals surface area contributed by atoms with Gasteiger partial charge < -0.3 is 19.3 Å². The second-order valence-electron chi connectivity index (χ2n) is 13.7. The topological polar surface area (TPSA) is 65.0 Å². The first kappa shape index (κ1) is 35.5. The summed E-state index contributed by atoms with van der Waals surface area (Å²) in [5, 5.41) is 10.1. The number of phenolic OH excluding ortho intramolecular Hbond substituents is 1. The van der Waals surface area contributed by atoms with E-state index < -0.39 is 5.41 Å². The highest BCUT2D eigenvalue weighted by molar-refractivity contribution is 5.77. The van der Waals surface area contributed by atoms with Crippen molar-refractivity contribution in [3.63, 3.8) is 0 Å². The third-order valence-electron chi connectivity index (χ3n) is 10.4. The van der Waals surface area contributed by atoms with E-state index in [0.29, 0.717) is 6.61 Å². The van der Waals surface area contributed by atoms with Gasteiger partial charge in [-0.05, 0) is 137 Å². The maximum Gasteiger partial charge on any atom is 0.312 e. The Morgan fingerprint density at radius 1 is 0.826 bits per heavy atom. The van der Waals surface area contributed by atoms with Crippen LogP contribution in [0.5, 0.6) is 11.5 Å². The average Bonchev–Trinajstić information content (AvgIpc) is 3.54. The third kappa shape index (κ3) is 9.37. The lowest BCUT2D eigenvalue weighted by Gasteiger charge is -2.37. The first-order chi connectivity index (χ1) is 22.1. The summed E-state index contributed by atoms with van der Waals surface area (Å²) in [4.78, 5) is 14.0. The molecule has 5 unspecified atom stereocenters. The Hall–Kier alpha value is -3.31. The van der Waals surface area contributed by atoms with Crippen LogP contribution in [0.4, 0.5) is 0 Å². The lowest BCUT2D eigenvalue weighted by atomic mass is 9.71. The maximum absolute atomic E-state index is 14.0. The quantitative estimate of drug-likeness (QED) is 0.119. The number of aromatic hydroxyl groups is 1. The van der Waals surface area contributed by atoms with Gasteiger partial charge in [-0.1, -0.05) is 75.4 Å². The molecule has 0 saturated heterocycles. The molecule has 1 aliphatic carbocycles. The zero-order valence-corrected chi connectivity index (χ0v) is 29.0. The summed E-state index contributed by atoms with van der Waals surface area (Å²) in [7, 11) is 0. The fourth-order valence-corrected chi connectivity index (χ4v) is 7.20. The Morgan fingerprint density at radius 3 is 2.02 bits per heavy atom. The smallest absolute Gasteiger partial charge is 0.312 e. The Bertz CT molecular complexity index is 1330. The fraction of sp³-hybridized carbons (Fsp3) is 0.537. The molecule has 1 aliphatic rings. The predicted octanol–water partition coefficient (Wildman–Crippen LogP) is 10.7. The highest BCUT2D eigenvalue weighted by atomic mass is 16.7. The standard InChI is InChI=1S/C41H56O5/c1-7-40(6,39(43)46-41(8-2)25-13-14-26-41)29-36(33-15-11-10-12-16-33)28-35(34-17-21-37(42)22-18-34)27-30(4)32-19-23-38(24-20-32)45-31(5)44-9-3/h10-12,15-24,30-31,35-36,42H,7-9,13-14,25-29H2,1-6H3. The summed E-state index contributed by atoms with van der Waals surface area (Å²) >= 11 is 0. The summed E-state index contributed by atoms with van der Waals surface area (Å²) in [6.07, 6.45) is 8.04. The number of hydrogen-bond donors (Lipinski definition) is 1. The molecule has 1 fully saturated rings. The minimum atomic E-state index is -0.592. The van der Waals surface area contributed by atoms with Crippen LogP contribution in [0.2, 0.25) is 0 Å². The molecule has 1 N–H and O–H groups in total. The van der Waals surface area contributed by atoms with Gasteiger partial charge in [0.1, 0.15) is 17.1 Å². The molecular formula is C41H56O5. The lowest BCUT2D eigenvalue weighted by Crippen LogP contribution is -2.39. The van der Waals surface area contributed by atoms with E-state index >= 15 is 0 Å². The van der Waals surface area contributed by atoms with Crippen molar-refractivity contribution in [2.24, 2.45) is 5.41 Å². The molecule has 4 rings (SSSR count). The SMILES string of the molecule is CCOC(C)Oc1ccc(C(C)CC(CC(CC(C)(CC)C(=O)OC2(CC)CCCC2)c2ccccc2)c2ccc(O)cc2)cc1. The summed E-state index contributed by atoms with van der Waals surface area (Å²) in [6, 6.07) is 26.7. The van der Waals surface area contributed by atoms with Crippen LogP contribution >= 0.6 is 0 Å². The first-order valence-electron chi connectivity index (χ1n) is 17.6. The van der Waals surface area contributed by atoms with Crippen molar-refractivity contribution in [3.8, 4) is 11.5 Å². The largest absolute Gasteiger partial charge is 0.508 e. The number of carbonyl (C=O) groups excluding carboxylic acids is 1. The zero-order valence-electron chi connectivity index (χ0n) is 29.0. The molecule has 250 valence electrons. The molecule has 0 heterocycles. The van der Waals surface area contributed by atoms with Gasteiger partial charge in [-0.3, -0.25) is 4.79 Å². The van der Waals surface area contributed by atoms with Crippen molar-refractivity contribution < 1.29 is 24.1 Å². The molecule has 0 aromatic heterocycles. The van der Waals surface area contributed by atoms with Gasteiger partial charge in [0.05, 0.1) is 5.41 Å². The van der Waals surface area contributed by atoms with Crippen LogP contribution in [0.25, 0.3) is 0 Å². The summed E-state index contributed by atoms with van der Waals surface area (Å²) in [6.45, 7) is 13.1. The van der Waals surface area contributed by atoms with Crippen molar-refractivity contribution in [2.45, 2.75) is 129 Å². The molecule has 3 aromatic carbocycles. The van der Waals surface area contributed by atoms with Crippen LogP contribution in [-0.2, 0) is 14.3 Å². The molecule has 0 bridgehead atoms. The van der Waals surface area contributed by atoms with Crippen LogP contribution in [-0.4, -0.2) is 29.6 Å². The molecule has 5 nitrogen and oxygen atoms in total. The van der Waals surface area contributed by atoms with Gasteiger partial charge in [0.2, 0.25) is 0 Å². The molecule has 0 aliphatic heterocycles. The van der Waals surface area contributed by atoms with E-state index in [9.17, 15) is 9.90 Å². The van der Waals surface area contributed by atoms with Crippen molar-refractivity contribution in [3.05, 3.63) is 95.6 Å². The number of carbonyl (C=O) groups is 1. The van der Waals surface area contributed by atoms with Crippen LogP contribution in [0.1, 0.15) is 134 Å². The van der Waals surface area contributed by atoms with Crippen molar-refractivity contribution in [1.29, 1.82) is 0 Å². The van der Waals surface area contributed by atoms with E-state index in [4.69, 9.17) is 14.2 Å². The van der Waals surface area contributed by atoms with E-state index in [2.05, 4.69) is 82.3 Å². The minimum Gasteiger partial charge on any atom is -0.508 e. The van der Waals surface area contributed by atoms with Gasteiger partial charge in [-0.25, -0.2) is 0 Å². The van der Waals surface area contributed by atoms with Crippen molar-refractivity contribution in [2.75, 3.05) is 6.61 Å². The molecule has 0 spiro atoms. The van der Waals surface area contributed by atoms with Crippen molar-refractivity contribution in [1.82, 2.24) is 0 Å². The van der Waals surface area contributed by atoms with E-state index in [1.54, 1.807) is 12.1 Å². The molecule has 46 heavy (non-hydrogen) atoms. The van der Waals surface area contributed by atoms with Crippen LogP contribution in [0.15, 0.2) is 78.9 Å². The predicted molar refractivity (Wildman–Crippen MR) is 186 cm³/mol. The highest BCUT2D eigenvalue weighted by Gasteiger charge is 2.43. The van der Waals surface area contributed by atoms with Gasteiger partial charge in [0, 0.05) is 6.61 Å². The molecule has 0 radical (unpaired) electrons. The second kappa shape index (κ2) is 16.5. The molecular weight excluding hydrogens is 572 g/mol. The van der Waals surface area contributed by atoms with E-state index in [1.807, 2.05) is 26.0 Å². The maximum atomic E-state index is 14.0. The Kier molecular flexibility index (Phi) is 12.7. The Morgan fingerprint density at radius 2 is 1.43 bits per heavy atom. The van der Waals surface area contributed by atoms with Crippen LogP contribution < -0.4 is 4.74 Å². The molecule has 0 amide bonds. The normalized spacial score (nSPS) is 18.2. The number of esters is 1. The van der Waals surface area contributed by atoms with E-state index in [0.717, 1.165) is 63.5 Å². The number of hydrogen-bond acceptors (Lipinski definition) is 5. The third-order valence-corrected chi connectivity index (χ3v) is 10.4. The number of phenols is 1. The number of rotatable bonds is 17. The Labute approximate surface area is 277 Å². The van der Waals surface area contributed by atoms with E-state index in [1.165, 1.54) is 16.7 Å². The molecule has 1 saturated carbocycles. The van der Waals surface area contributed by atoms with Crippen molar-refractivity contribution >= 4 is 5.97 Å². The second-order valence-corrected chi connectivity index (χ2v) is 13.7. The highest BCUT2D eigenvalue weighted by Crippen LogP contribution is 2.45. The minimum absolute atomic E-state index is 0.0461. The van der Waals surface area contributed by atoms with Gasteiger partial charge in [-0.2, -0.15) is 0 Å². The van der Waals surface area contributed by atoms with Gasteiger partial charge in [0.25, 0.3) is 0 Å². The zero-order chi connectivity index (χ0) is 33.2. The van der Waals surface area contributed by atoms with Gasteiger partial charge in [-0.15, -0.1) is 0 Å².